The summed E-state index contributed by atoms with van der Waals surface area (Å²) >= 11 is 4.94. The van der Waals surface area contributed by atoms with E-state index in [-0.39, 0.29) is 33.8 Å². The molecule has 2 heterocycles. The van der Waals surface area contributed by atoms with Gasteiger partial charge >= 0.3 is 24.3 Å². The number of rotatable bonds is 8. The van der Waals surface area contributed by atoms with E-state index in [4.69, 9.17) is 11.6 Å². The smallest absolute Gasteiger partial charge is 0.434 e. The third-order valence-electron chi connectivity index (χ3n) is 6.55. The van der Waals surface area contributed by atoms with Gasteiger partial charge in [-0.1, -0.05) is 12.1 Å². The molecule has 0 saturated heterocycles. The van der Waals surface area contributed by atoms with Gasteiger partial charge in [0.25, 0.3) is 5.24 Å². The van der Waals surface area contributed by atoms with Crippen molar-refractivity contribution in [1.82, 2.24) is 9.97 Å². The summed E-state index contributed by atoms with van der Waals surface area (Å²) in [5.74, 6) is -4.96. The van der Waals surface area contributed by atoms with Crippen molar-refractivity contribution in [2.75, 3.05) is 14.2 Å². The number of carbonyl (C=O) groups excluding carboxylic acids is 6. The maximum atomic E-state index is 12.9. The summed E-state index contributed by atoms with van der Waals surface area (Å²) in [5.41, 5.74) is -4.59. The van der Waals surface area contributed by atoms with Crippen molar-refractivity contribution in [2.24, 2.45) is 0 Å². The van der Waals surface area contributed by atoms with Gasteiger partial charge in [-0.15, -0.1) is 0 Å². The number of benzene rings is 2. The van der Waals surface area contributed by atoms with Crippen LogP contribution in [0.4, 0.5) is 26.3 Å². The Balaban J connectivity index is 0.000000303. The van der Waals surface area contributed by atoms with Crippen molar-refractivity contribution in [2.45, 2.75) is 25.7 Å². The number of nitrogens with zero attached hydrogens (tertiary/aromatic N) is 2. The van der Waals surface area contributed by atoms with Crippen molar-refractivity contribution < 1.29 is 74.8 Å². The van der Waals surface area contributed by atoms with E-state index < -0.39 is 75.8 Å². The molecule has 4 aromatic rings. The van der Waals surface area contributed by atoms with Gasteiger partial charge in [0.2, 0.25) is 0 Å². The van der Waals surface area contributed by atoms with Gasteiger partial charge < -0.3 is 19.7 Å². The second-order valence-corrected chi connectivity index (χ2v) is 10.4. The Morgan fingerprint density at radius 3 is 1.36 bits per heavy atom. The van der Waals surface area contributed by atoms with Crippen molar-refractivity contribution in [3.63, 3.8) is 0 Å². The van der Waals surface area contributed by atoms with Gasteiger partial charge in [-0.05, 0) is 67.1 Å². The summed E-state index contributed by atoms with van der Waals surface area (Å²) in [4.78, 5) is 74.8. The van der Waals surface area contributed by atoms with Crippen molar-refractivity contribution in [3.05, 3.63) is 118 Å². The molecule has 4 rings (SSSR count). The quantitative estimate of drug-likeness (QED) is 0.0621. The summed E-state index contributed by atoms with van der Waals surface area (Å²) in [6.45, 7) is 1.32. The Kier molecular flexibility index (Phi) is 14.9. The molecule has 0 unspecified atom stereocenters. The molecule has 2 aromatic heterocycles. The zero-order chi connectivity index (χ0) is 40.3. The molecule has 0 aliphatic rings. The normalized spacial score (nSPS) is 10.8. The van der Waals surface area contributed by atoms with Crippen LogP contribution in [0.1, 0.15) is 86.9 Å². The number of phenolic OH excluding ortho intramolecular Hbond substituents is 2. The second-order valence-electron chi connectivity index (χ2n) is 10.0. The number of alkyl halides is 6. The molecule has 12 nitrogen and oxygen atoms in total. The average Bonchev–Trinajstić information content (AvgIpc) is 3.10. The highest BCUT2D eigenvalue weighted by Gasteiger charge is 2.38. The Morgan fingerprint density at radius 1 is 0.604 bits per heavy atom. The first-order valence-corrected chi connectivity index (χ1v) is 14.7. The number of pyridine rings is 2. The predicted octanol–water partition coefficient (Wildman–Crippen LogP) is 6.91. The van der Waals surface area contributed by atoms with Crippen LogP contribution in [0.5, 0.6) is 11.5 Å². The second kappa shape index (κ2) is 18.4. The van der Waals surface area contributed by atoms with Crippen LogP contribution in [-0.4, -0.2) is 68.9 Å². The molecule has 2 aromatic carbocycles. The zero-order valence-electron chi connectivity index (χ0n) is 27.3. The predicted molar refractivity (Wildman–Crippen MR) is 171 cm³/mol. The minimum Gasteiger partial charge on any atom is -0.506 e. The Labute approximate surface area is 300 Å². The minimum atomic E-state index is -4.86. The summed E-state index contributed by atoms with van der Waals surface area (Å²) < 4.78 is 84.1. The molecule has 19 heteroatoms. The topological polar surface area (TPSA) is 187 Å². The van der Waals surface area contributed by atoms with E-state index in [0.717, 1.165) is 43.8 Å². The van der Waals surface area contributed by atoms with Crippen molar-refractivity contribution >= 4 is 46.1 Å². The van der Waals surface area contributed by atoms with E-state index in [2.05, 4.69) is 19.4 Å². The summed E-state index contributed by atoms with van der Waals surface area (Å²) in [5, 5.41) is 18.4. The van der Waals surface area contributed by atoms with Gasteiger partial charge in [0.1, 0.15) is 22.6 Å². The largest absolute Gasteiger partial charge is 0.506 e. The Bertz CT molecular complexity index is 2030. The Morgan fingerprint density at radius 2 is 0.962 bits per heavy atom. The van der Waals surface area contributed by atoms with Gasteiger partial charge in [0.05, 0.1) is 37.3 Å². The molecular weight excluding hydrogens is 746 g/mol. The highest BCUT2D eigenvalue weighted by atomic mass is 35.5. The van der Waals surface area contributed by atoms with E-state index in [9.17, 15) is 65.3 Å². The fraction of sp³-hybridized carbons (Fsp3) is 0.176. The number of aromatic hydroxyl groups is 2. The first-order chi connectivity index (χ1) is 24.7. The number of ketones is 3. The number of Topliss-reactive ketones (excluding diaryl/α,β-unsaturated/α-hetero) is 3. The number of ether oxygens (including phenoxy) is 2. The fourth-order valence-corrected chi connectivity index (χ4v) is 4.28. The summed E-state index contributed by atoms with van der Waals surface area (Å²) in [6.07, 6.45) is -8.62. The van der Waals surface area contributed by atoms with Crippen LogP contribution in [-0.2, 0) is 21.8 Å². The monoisotopic (exact) mass is 770 g/mol. The number of methoxy groups -OCH3 is 2. The molecule has 0 atom stereocenters. The van der Waals surface area contributed by atoms with Gasteiger partial charge in [0.15, 0.2) is 28.7 Å². The van der Waals surface area contributed by atoms with E-state index in [1.165, 1.54) is 50.4 Å². The lowest BCUT2D eigenvalue weighted by Gasteiger charge is -2.11. The fourth-order valence-electron chi connectivity index (χ4n) is 4.13. The average molecular weight is 771 g/mol. The number of phenols is 2. The van der Waals surface area contributed by atoms with E-state index in [1.807, 2.05) is 0 Å². The molecule has 0 bridgehead atoms. The molecule has 0 spiro atoms. The van der Waals surface area contributed by atoms with Gasteiger partial charge in [0, 0.05) is 18.0 Å². The van der Waals surface area contributed by atoms with Crippen LogP contribution in [0.25, 0.3) is 0 Å². The lowest BCUT2D eigenvalue weighted by Crippen LogP contribution is -2.17. The van der Waals surface area contributed by atoms with E-state index >= 15 is 0 Å². The number of esters is 2. The molecule has 2 N–H and O–H groups in total. The molecule has 53 heavy (non-hydrogen) atoms. The molecule has 0 radical (unpaired) electrons. The van der Waals surface area contributed by atoms with Gasteiger partial charge in [-0.2, -0.15) is 26.3 Å². The lowest BCUT2D eigenvalue weighted by molar-refractivity contribution is -0.142. The van der Waals surface area contributed by atoms with Gasteiger partial charge in [-0.3, -0.25) is 29.1 Å². The van der Waals surface area contributed by atoms with Crippen molar-refractivity contribution in [1.29, 1.82) is 0 Å². The standard InChI is InChI=1S/C17H12F3NO5.C10H10O4.C7H3ClF3NO/c1-26-16(25)11-5-2-4-9(14(11)24)12(22)8-13(23)10-6-3-7-21-15(10)17(18,19)20;1-6(11)7-4-3-5-8(9(7)12)10(13)14-2;8-6(13)4-2-1-3-12-5(4)7(9,10)11/h2-7,24H,8H2,1H3;3-5,12H,1-2H3;1-3H. The number of para-hydroxylation sites is 2. The van der Waals surface area contributed by atoms with Crippen LogP contribution in [0.2, 0.25) is 0 Å². The maximum Gasteiger partial charge on any atom is 0.434 e. The molecular formula is C34H25ClF6N2O10. The molecule has 0 amide bonds. The van der Waals surface area contributed by atoms with E-state index in [1.54, 1.807) is 0 Å². The van der Waals surface area contributed by atoms with Crippen LogP contribution in [0.15, 0.2) is 73.1 Å². The molecule has 0 aliphatic heterocycles. The summed E-state index contributed by atoms with van der Waals surface area (Å²) in [6, 6.07) is 12.2. The molecule has 0 saturated carbocycles. The number of halogens is 7. The van der Waals surface area contributed by atoms with Crippen LogP contribution >= 0.6 is 11.6 Å². The highest BCUT2D eigenvalue weighted by Crippen LogP contribution is 2.32. The molecule has 280 valence electrons. The highest BCUT2D eigenvalue weighted by molar-refractivity contribution is 6.67. The third-order valence-corrected chi connectivity index (χ3v) is 6.75. The van der Waals surface area contributed by atoms with Crippen LogP contribution < -0.4 is 0 Å². The number of carbonyl (C=O) groups is 6. The third kappa shape index (κ3) is 11.4. The minimum absolute atomic E-state index is 0.000185. The number of aromatic nitrogens is 2. The SMILES string of the molecule is COC(=O)c1cccc(C(=O)CC(=O)c2cccnc2C(F)(F)F)c1O.COC(=O)c1cccc(C(C)=O)c1O.O=C(Cl)c1cccnc1C(F)(F)F. The van der Waals surface area contributed by atoms with Gasteiger partial charge in [-0.25, -0.2) is 9.59 Å². The van der Waals surface area contributed by atoms with Crippen molar-refractivity contribution in [3.8, 4) is 11.5 Å². The zero-order valence-corrected chi connectivity index (χ0v) is 28.1. The maximum absolute atomic E-state index is 12.9. The lowest BCUT2D eigenvalue weighted by atomic mass is 9.98. The Hall–Kier alpha value is -6.17. The molecule has 0 aliphatic carbocycles. The van der Waals surface area contributed by atoms with E-state index in [0.29, 0.717) is 0 Å². The first kappa shape index (κ1) is 43.0. The number of hydrogen-bond acceptors (Lipinski definition) is 12. The first-order valence-electron chi connectivity index (χ1n) is 14.3. The van der Waals surface area contributed by atoms with Crippen LogP contribution in [0.3, 0.4) is 0 Å². The molecule has 0 fully saturated rings. The number of hydrogen-bond donors (Lipinski definition) is 2. The summed E-state index contributed by atoms with van der Waals surface area (Å²) in [7, 11) is 2.28. The van der Waals surface area contributed by atoms with Crippen LogP contribution in [0, 0.1) is 0 Å².